The van der Waals surface area contributed by atoms with Gasteiger partial charge in [0.15, 0.2) is 5.82 Å². The third-order valence-corrected chi connectivity index (χ3v) is 3.72. The van der Waals surface area contributed by atoms with Gasteiger partial charge in [-0.25, -0.2) is 9.98 Å². The Labute approximate surface area is 129 Å². The van der Waals surface area contributed by atoms with Gasteiger partial charge in [0.2, 0.25) is 0 Å². The van der Waals surface area contributed by atoms with E-state index in [0.29, 0.717) is 0 Å². The number of hydrogen-bond acceptors (Lipinski definition) is 3. The first-order valence-corrected chi connectivity index (χ1v) is 7.28. The first kappa shape index (κ1) is 12.8. The average Bonchev–Trinajstić information content (AvgIpc) is 2.72. The standard InChI is InChI=1S/C19H15N3/c1-13-11-17-19(20-12-13)22-16-10-6-5-9-15(16)18(21-17)14-7-3-2-4-8-14/h2-12H,1H3,(H,20,22). The molecule has 0 atom stereocenters. The van der Waals surface area contributed by atoms with Gasteiger partial charge in [-0.15, -0.1) is 0 Å². The van der Waals surface area contributed by atoms with Crippen molar-refractivity contribution in [3.8, 4) is 0 Å². The van der Waals surface area contributed by atoms with Crippen LogP contribution in [0.15, 0.2) is 71.9 Å². The van der Waals surface area contributed by atoms with Gasteiger partial charge in [-0.3, -0.25) is 0 Å². The third-order valence-electron chi connectivity index (χ3n) is 3.72. The van der Waals surface area contributed by atoms with Crippen molar-refractivity contribution in [3.63, 3.8) is 0 Å². The maximum absolute atomic E-state index is 4.90. The molecule has 0 bridgehead atoms. The topological polar surface area (TPSA) is 37.3 Å². The fraction of sp³-hybridized carbons (Fsp3) is 0.0526. The largest absolute Gasteiger partial charge is 0.338 e. The zero-order valence-electron chi connectivity index (χ0n) is 12.2. The predicted molar refractivity (Wildman–Crippen MR) is 90.4 cm³/mol. The van der Waals surface area contributed by atoms with Crippen LogP contribution < -0.4 is 5.32 Å². The summed E-state index contributed by atoms with van der Waals surface area (Å²) >= 11 is 0. The van der Waals surface area contributed by atoms with E-state index in [0.717, 1.165) is 39.6 Å². The number of fused-ring (bicyclic) bond motifs is 2. The second-order valence-electron chi connectivity index (χ2n) is 5.38. The van der Waals surface area contributed by atoms with Gasteiger partial charge < -0.3 is 5.32 Å². The first-order chi connectivity index (χ1) is 10.8. The van der Waals surface area contributed by atoms with E-state index in [1.165, 1.54) is 0 Å². The Balaban J connectivity index is 2.00. The van der Waals surface area contributed by atoms with Crippen molar-refractivity contribution in [2.24, 2.45) is 4.99 Å². The highest BCUT2D eigenvalue weighted by molar-refractivity contribution is 6.18. The minimum Gasteiger partial charge on any atom is -0.338 e. The fourth-order valence-corrected chi connectivity index (χ4v) is 2.66. The normalized spacial score (nSPS) is 12.5. The summed E-state index contributed by atoms with van der Waals surface area (Å²) in [5.74, 6) is 0.795. The molecule has 3 heteroatoms. The lowest BCUT2D eigenvalue weighted by molar-refractivity contribution is 1.25. The van der Waals surface area contributed by atoms with E-state index in [2.05, 4.69) is 40.6 Å². The molecule has 0 fully saturated rings. The second-order valence-corrected chi connectivity index (χ2v) is 5.38. The molecular formula is C19H15N3. The zero-order chi connectivity index (χ0) is 14.9. The highest BCUT2D eigenvalue weighted by atomic mass is 15.0. The number of anilines is 2. The molecule has 1 aliphatic rings. The van der Waals surface area contributed by atoms with Crippen molar-refractivity contribution in [1.29, 1.82) is 0 Å². The van der Waals surface area contributed by atoms with Gasteiger partial charge in [0.25, 0.3) is 0 Å². The van der Waals surface area contributed by atoms with Gasteiger partial charge >= 0.3 is 0 Å². The number of rotatable bonds is 1. The molecule has 0 spiro atoms. The minimum atomic E-state index is 0.795. The quantitative estimate of drug-likeness (QED) is 0.554. The molecule has 0 saturated carbocycles. The number of nitrogens with zero attached hydrogens (tertiary/aromatic N) is 2. The summed E-state index contributed by atoms with van der Waals surface area (Å²) in [6.45, 7) is 2.03. The van der Waals surface area contributed by atoms with Crippen LogP contribution in [0.5, 0.6) is 0 Å². The number of aryl methyl sites for hydroxylation is 1. The summed E-state index contributed by atoms with van der Waals surface area (Å²) in [6.07, 6.45) is 1.86. The Morgan fingerprint density at radius 2 is 1.68 bits per heavy atom. The van der Waals surface area contributed by atoms with Crippen molar-refractivity contribution < 1.29 is 0 Å². The van der Waals surface area contributed by atoms with E-state index in [9.17, 15) is 0 Å². The third kappa shape index (κ3) is 2.17. The summed E-state index contributed by atoms with van der Waals surface area (Å²) < 4.78 is 0. The van der Waals surface area contributed by atoms with E-state index in [-0.39, 0.29) is 0 Å². The van der Waals surface area contributed by atoms with Crippen LogP contribution in [-0.4, -0.2) is 10.7 Å². The Morgan fingerprint density at radius 3 is 2.55 bits per heavy atom. The molecule has 2 aromatic carbocycles. The van der Waals surface area contributed by atoms with E-state index in [1.807, 2.05) is 43.5 Å². The van der Waals surface area contributed by atoms with Crippen LogP contribution >= 0.6 is 0 Å². The van der Waals surface area contributed by atoms with E-state index < -0.39 is 0 Å². The molecule has 0 unspecified atom stereocenters. The Bertz CT molecular complexity index is 867. The van der Waals surface area contributed by atoms with Crippen molar-refractivity contribution >= 4 is 22.9 Å². The van der Waals surface area contributed by atoms with Crippen LogP contribution in [0.3, 0.4) is 0 Å². The summed E-state index contributed by atoms with van der Waals surface area (Å²) in [6, 6.07) is 20.5. The summed E-state index contributed by atoms with van der Waals surface area (Å²) in [5.41, 5.74) is 6.16. The lowest BCUT2D eigenvalue weighted by atomic mass is 10.0. The fourth-order valence-electron chi connectivity index (χ4n) is 2.66. The Hall–Kier alpha value is -2.94. The average molecular weight is 285 g/mol. The van der Waals surface area contributed by atoms with Crippen molar-refractivity contribution in [2.75, 3.05) is 5.32 Å². The number of benzene rings is 2. The van der Waals surface area contributed by atoms with Gasteiger partial charge in [-0.05, 0) is 24.6 Å². The van der Waals surface area contributed by atoms with E-state index in [4.69, 9.17) is 4.99 Å². The highest BCUT2D eigenvalue weighted by Crippen LogP contribution is 2.34. The van der Waals surface area contributed by atoms with E-state index in [1.54, 1.807) is 0 Å². The van der Waals surface area contributed by atoms with Crippen molar-refractivity contribution in [2.45, 2.75) is 6.92 Å². The molecule has 0 amide bonds. The SMILES string of the molecule is Cc1cnc2c(c1)N=C(c1ccccc1)c1ccccc1N2. The molecule has 1 N–H and O–H groups in total. The van der Waals surface area contributed by atoms with Crippen LogP contribution in [0, 0.1) is 6.92 Å². The van der Waals surface area contributed by atoms with Gasteiger partial charge in [0.05, 0.1) is 5.71 Å². The molecule has 3 nitrogen and oxygen atoms in total. The number of nitrogens with one attached hydrogen (secondary N) is 1. The van der Waals surface area contributed by atoms with Crippen LogP contribution in [-0.2, 0) is 0 Å². The molecule has 0 radical (unpaired) electrons. The van der Waals surface area contributed by atoms with Crippen LogP contribution in [0.2, 0.25) is 0 Å². The maximum atomic E-state index is 4.90. The number of hydrogen-bond donors (Lipinski definition) is 1. The molecule has 3 aromatic rings. The van der Waals surface area contributed by atoms with E-state index >= 15 is 0 Å². The smallest absolute Gasteiger partial charge is 0.156 e. The Kier molecular flexibility index (Phi) is 2.97. The number of para-hydroxylation sites is 1. The predicted octanol–water partition coefficient (Wildman–Crippen LogP) is 4.62. The number of pyridine rings is 1. The number of aliphatic imine (C=N–C) groups is 1. The second kappa shape index (κ2) is 5.11. The summed E-state index contributed by atoms with van der Waals surface area (Å²) in [7, 11) is 0. The zero-order valence-corrected chi connectivity index (χ0v) is 12.2. The highest BCUT2D eigenvalue weighted by Gasteiger charge is 2.17. The van der Waals surface area contributed by atoms with Crippen LogP contribution in [0.25, 0.3) is 0 Å². The van der Waals surface area contributed by atoms with Crippen LogP contribution in [0.4, 0.5) is 17.2 Å². The molecular weight excluding hydrogens is 270 g/mol. The first-order valence-electron chi connectivity index (χ1n) is 7.28. The molecule has 0 saturated heterocycles. The van der Waals surface area contributed by atoms with Gasteiger partial charge in [-0.1, -0.05) is 48.5 Å². The minimum absolute atomic E-state index is 0.795. The number of aromatic nitrogens is 1. The molecule has 1 aliphatic heterocycles. The summed E-state index contributed by atoms with van der Waals surface area (Å²) in [5, 5.41) is 3.40. The molecule has 4 rings (SSSR count). The van der Waals surface area contributed by atoms with Gasteiger partial charge in [0, 0.05) is 23.0 Å². The maximum Gasteiger partial charge on any atom is 0.156 e. The lowest BCUT2D eigenvalue weighted by Gasteiger charge is -2.10. The molecule has 2 heterocycles. The van der Waals surface area contributed by atoms with Crippen molar-refractivity contribution in [1.82, 2.24) is 4.98 Å². The Morgan fingerprint density at radius 1 is 0.909 bits per heavy atom. The van der Waals surface area contributed by atoms with Gasteiger partial charge in [-0.2, -0.15) is 0 Å². The molecule has 0 aliphatic carbocycles. The molecule has 1 aromatic heterocycles. The lowest BCUT2D eigenvalue weighted by Crippen LogP contribution is -2.04. The van der Waals surface area contributed by atoms with Crippen molar-refractivity contribution in [3.05, 3.63) is 83.6 Å². The van der Waals surface area contributed by atoms with Gasteiger partial charge in [0.1, 0.15) is 5.69 Å². The monoisotopic (exact) mass is 285 g/mol. The summed E-state index contributed by atoms with van der Waals surface area (Å²) in [4.78, 5) is 9.39. The molecule has 106 valence electrons. The molecule has 22 heavy (non-hydrogen) atoms. The van der Waals surface area contributed by atoms with Crippen LogP contribution in [0.1, 0.15) is 16.7 Å².